The first-order valence-corrected chi connectivity index (χ1v) is 8.95. The minimum absolute atomic E-state index is 0.00659. The second kappa shape index (κ2) is 7.68. The Bertz CT molecular complexity index is 638. The molecule has 0 bridgehead atoms. The van der Waals surface area contributed by atoms with Crippen LogP contribution in [-0.2, 0) is 9.59 Å². The number of benzene rings is 1. The van der Waals surface area contributed by atoms with Crippen LogP contribution in [0.25, 0.3) is 0 Å². The molecule has 2 heterocycles. The number of amides is 2. The Labute approximate surface area is 147 Å². The Hall–Kier alpha value is -2.37. The number of likely N-dealkylation sites (tertiary alicyclic amines) is 2. The third-order valence-corrected chi connectivity index (χ3v) is 5.22. The monoisotopic (exact) mass is 344 g/mol. The summed E-state index contributed by atoms with van der Waals surface area (Å²) >= 11 is 0. The van der Waals surface area contributed by atoms with E-state index in [1.54, 1.807) is 21.9 Å². The molecule has 0 aliphatic carbocycles. The van der Waals surface area contributed by atoms with Crippen LogP contribution in [0.1, 0.15) is 42.5 Å². The minimum Gasteiger partial charge on any atom is -0.480 e. The van der Waals surface area contributed by atoms with Crippen molar-refractivity contribution in [2.45, 2.75) is 38.1 Å². The van der Waals surface area contributed by atoms with Gasteiger partial charge >= 0.3 is 5.97 Å². The molecule has 3 rings (SSSR count). The normalized spacial score (nSPS) is 21.8. The molecule has 1 aromatic carbocycles. The highest BCUT2D eigenvalue weighted by molar-refractivity contribution is 5.94. The topological polar surface area (TPSA) is 77.9 Å². The van der Waals surface area contributed by atoms with E-state index in [1.807, 2.05) is 18.2 Å². The first-order chi connectivity index (χ1) is 12.1. The van der Waals surface area contributed by atoms with Crippen LogP contribution in [0, 0.1) is 5.92 Å². The zero-order chi connectivity index (χ0) is 17.8. The molecule has 1 unspecified atom stereocenters. The molecule has 1 atom stereocenters. The lowest BCUT2D eigenvalue weighted by Crippen LogP contribution is -2.52. The van der Waals surface area contributed by atoms with E-state index in [0.29, 0.717) is 44.5 Å². The molecular weight excluding hydrogens is 320 g/mol. The molecule has 2 fully saturated rings. The number of hydrogen-bond acceptors (Lipinski definition) is 3. The lowest BCUT2D eigenvalue weighted by molar-refractivity contribution is -0.154. The lowest BCUT2D eigenvalue weighted by atomic mass is 9.92. The Morgan fingerprint density at radius 2 is 1.60 bits per heavy atom. The number of piperidine rings is 2. The minimum atomic E-state index is -0.912. The zero-order valence-corrected chi connectivity index (χ0v) is 14.3. The van der Waals surface area contributed by atoms with Gasteiger partial charge in [0.2, 0.25) is 5.91 Å². The van der Waals surface area contributed by atoms with E-state index in [0.717, 1.165) is 12.8 Å². The third-order valence-electron chi connectivity index (χ3n) is 5.22. The number of rotatable bonds is 3. The Kier molecular flexibility index (Phi) is 5.36. The lowest BCUT2D eigenvalue weighted by Gasteiger charge is -2.38. The maximum Gasteiger partial charge on any atom is 0.326 e. The van der Waals surface area contributed by atoms with E-state index in [4.69, 9.17) is 0 Å². The summed E-state index contributed by atoms with van der Waals surface area (Å²) < 4.78 is 0. The highest BCUT2D eigenvalue weighted by Crippen LogP contribution is 2.25. The number of hydrogen-bond donors (Lipinski definition) is 1. The first kappa shape index (κ1) is 17.5. The van der Waals surface area contributed by atoms with Gasteiger partial charge in [0.25, 0.3) is 5.91 Å². The fourth-order valence-electron chi connectivity index (χ4n) is 3.78. The van der Waals surface area contributed by atoms with Crippen molar-refractivity contribution < 1.29 is 19.5 Å². The molecular formula is C19H24N2O4. The number of aliphatic carboxylic acids is 1. The van der Waals surface area contributed by atoms with Crippen LogP contribution < -0.4 is 0 Å². The molecule has 0 spiro atoms. The fourth-order valence-corrected chi connectivity index (χ4v) is 3.78. The molecule has 134 valence electrons. The highest BCUT2D eigenvalue weighted by Gasteiger charge is 2.37. The SMILES string of the molecule is O=C(O)C1CCCCN1C(=O)C1CCN(C(=O)c2ccccc2)CC1. The van der Waals surface area contributed by atoms with E-state index < -0.39 is 12.0 Å². The Balaban J connectivity index is 1.59. The number of carbonyl (C=O) groups is 3. The van der Waals surface area contributed by atoms with Crippen molar-refractivity contribution in [2.75, 3.05) is 19.6 Å². The quantitative estimate of drug-likeness (QED) is 0.910. The van der Waals surface area contributed by atoms with Crippen molar-refractivity contribution in [2.24, 2.45) is 5.92 Å². The summed E-state index contributed by atoms with van der Waals surface area (Å²) in [5, 5.41) is 9.35. The molecule has 2 aliphatic heterocycles. The fraction of sp³-hybridized carbons (Fsp3) is 0.526. The van der Waals surface area contributed by atoms with Crippen molar-refractivity contribution in [1.82, 2.24) is 9.80 Å². The summed E-state index contributed by atoms with van der Waals surface area (Å²) in [5.41, 5.74) is 0.661. The van der Waals surface area contributed by atoms with Crippen LogP contribution in [0.15, 0.2) is 30.3 Å². The van der Waals surface area contributed by atoms with Gasteiger partial charge in [-0.15, -0.1) is 0 Å². The molecule has 0 saturated carbocycles. The second-order valence-electron chi connectivity index (χ2n) is 6.81. The molecule has 1 N–H and O–H groups in total. The van der Waals surface area contributed by atoms with Crippen molar-refractivity contribution in [3.8, 4) is 0 Å². The van der Waals surface area contributed by atoms with Crippen molar-refractivity contribution >= 4 is 17.8 Å². The van der Waals surface area contributed by atoms with Gasteiger partial charge in [-0.1, -0.05) is 18.2 Å². The summed E-state index contributed by atoms with van der Waals surface area (Å²) in [4.78, 5) is 40.0. The van der Waals surface area contributed by atoms with Crippen molar-refractivity contribution in [1.29, 1.82) is 0 Å². The van der Waals surface area contributed by atoms with Crippen LogP contribution in [-0.4, -0.2) is 58.4 Å². The van der Waals surface area contributed by atoms with Gasteiger partial charge in [-0.05, 0) is 44.2 Å². The molecule has 1 aromatic rings. The molecule has 25 heavy (non-hydrogen) atoms. The smallest absolute Gasteiger partial charge is 0.326 e. The van der Waals surface area contributed by atoms with Gasteiger partial charge < -0.3 is 14.9 Å². The van der Waals surface area contributed by atoms with Gasteiger partial charge in [-0.25, -0.2) is 4.79 Å². The van der Waals surface area contributed by atoms with E-state index >= 15 is 0 Å². The molecule has 2 saturated heterocycles. The average Bonchev–Trinajstić information content (AvgIpc) is 2.67. The van der Waals surface area contributed by atoms with Crippen LogP contribution in [0.5, 0.6) is 0 Å². The summed E-state index contributed by atoms with van der Waals surface area (Å²) in [5.74, 6) is -1.16. The molecule has 2 amide bonds. The second-order valence-corrected chi connectivity index (χ2v) is 6.81. The average molecular weight is 344 g/mol. The van der Waals surface area contributed by atoms with Gasteiger partial charge in [0.05, 0.1) is 0 Å². The number of carboxylic acid groups (broad SMARTS) is 1. The van der Waals surface area contributed by atoms with Crippen molar-refractivity contribution in [3.05, 3.63) is 35.9 Å². The first-order valence-electron chi connectivity index (χ1n) is 8.95. The van der Waals surface area contributed by atoms with Crippen LogP contribution in [0.4, 0.5) is 0 Å². The van der Waals surface area contributed by atoms with Crippen LogP contribution >= 0.6 is 0 Å². The van der Waals surface area contributed by atoms with Crippen LogP contribution in [0.2, 0.25) is 0 Å². The number of carbonyl (C=O) groups excluding carboxylic acids is 2. The number of nitrogens with zero attached hydrogens (tertiary/aromatic N) is 2. The molecule has 0 radical (unpaired) electrons. The van der Waals surface area contributed by atoms with Crippen molar-refractivity contribution in [3.63, 3.8) is 0 Å². The van der Waals surface area contributed by atoms with Gasteiger partial charge in [0.15, 0.2) is 0 Å². The van der Waals surface area contributed by atoms with E-state index in [1.165, 1.54) is 0 Å². The van der Waals surface area contributed by atoms with Gasteiger partial charge in [0.1, 0.15) is 6.04 Å². The zero-order valence-electron chi connectivity index (χ0n) is 14.3. The van der Waals surface area contributed by atoms with E-state index in [-0.39, 0.29) is 17.7 Å². The maximum absolute atomic E-state index is 12.8. The van der Waals surface area contributed by atoms with E-state index in [2.05, 4.69) is 0 Å². The predicted octanol–water partition coefficient (Wildman–Crippen LogP) is 2.00. The van der Waals surface area contributed by atoms with Gasteiger partial charge in [-0.3, -0.25) is 9.59 Å². The summed E-state index contributed by atoms with van der Waals surface area (Å²) in [7, 11) is 0. The number of carboxylic acids is 1. The largest absolute Gasteiger partial charge is 0.480 e. The molecule has 6 nitrogen and oxygen atoms in total. The summed E-state index contributed by atoms with van der Waals surface area (Å²) in [6.07, 6.45) is 3.44. The van der Waals surface area contributed by atoms with Gasteiger partial charge in [-0.2, -0.15) is 0 Å². The highest BCUT2D eigenvalue weighted by atomic mass is 16.4. The Morgan fingerprint density at radius 1 is 0.920 bits per heavy atom. The van der Waals surface area contributed by atoms with Crippen LogP contribution in [0.3, 0.4) is 0 Å². The third kappa shape index (κ3) is 3.83. The molecule has 0 aromatic heterocycles. The van der Waals surface area contributed by atoms with Gasteiger partial charge in [0, 0.05) is 31.1 Å². The molecule has 2 aliphatic rings. The predicted molar refractivity (Wildman–Crippen MR) is 92.1 cm³/mol. The summed E-state index contributed by atoms with van der Waals surface area (Å²) in [6, 6.07) is 8.46. The maximum atomic E-state index is 12.8. The Morgan fingerprint density at radius 3 is 2.24 bits per heavy atom. The van der Waals surface area contributed by atoms with E-state index in [9.17, 15) is 19.5 Å². The molecule has 6 heteroatoms. The standard InChI is InChI=1S/C19H24N2O4/c22-17(14-6-2-1-3-7-14)20-12-9-15(10-13-20)18(23)21-11-5-4-8-16(21)19(24)25/h1-3,6-7,15-16H,4-5,8-13H2,(H,24,25). The summed E-state index contributed by atoms with van der Waals surface area (Å²) in [6.45, 7) is 1.60.